The maximum Gasteiger partial charge on any atom is 0.404 e. The Labute approximate surface area is 109 Å². The van der Waals surface area contributed by atoms with E-state index < -0.39 is 11.9 Å². The number of benzene rings is 2. The predicted molar refractivity (Wildman–Crippen MR) is 67.8 cm³/mol. The zero-order chi connectivity index (χ0) is 13.7. The molecule has 0 saturated heterocycles. The third-order valence-electron chi connectivity index (χ3n) is 2.43. The lowest BCUT2D eigenvalue weighted by Crippen LogP contribution is -2.20. The molecule has 2 aromatic carbocycles. The summed E-state index contributed by atoms with van der Waals surface area (Å²) < 4.78 is 19.2. The average Bonchev–Trinajstić information content (AvgIpc) is 2.39. The van der Waals surface area contributed by atoms with Gasteiger partial charge in [0.15, 0.2) is 0 Å². The topological polar surface area (TPSA) is 58.6 Å². The van der Waals surface area contributed by atoms with Crippen LogP contribution < -0.4 is 10.1 Å². The van der Waals surface area contributed by atoms with E-state index in [0.717, 1.165) is 0 Å². The molecule has 0 radical (unpaired) electrons. The molecule has 0 aliphatic heterocycles. The first-order valence-corrected chi connectivity index (χ1v) is 5.63. The number of halogens is 1. The summed E-state index contributed by atoms with van der Waals surface area (Å²) in [5.74, 6) is 0.461. The number of para-hydroxylation sites is 1. The van der Waals surface area contributed by atoms with Gasteiger partial charge in [0.1, 0.15) is 17.3 Å². The van der Waals surface area contributed by atoms with Gasteiger partial charge in [0.05, 0.1) is 0 Å². The van der Waals surface area contributed by atoms with Crippen LogP contribution in [0.15, 0.2) is 48.5 Å². The lowest BCUT2D eigenvalue weighted by atomic mass is 10.2. The van der Waals surface area contributed by atoms with Crippen LogP contribution in [0.4, 0.5) is 9.18 Å². The van der Waals surface area contributed by atoms with Gasteiger partial charge in [-0.1, -0.05) is 24.3 Å². The first kappa shape index (κ1) is 12.9. The normalized spacial score (nSPS) is 9.95. The highest BCUT2D eigenvalue weighted by Gasteiger charge is 2.06. The summed E-state index contributed by atoms with van der Waals surface area (Å²) in [5, 5.41) is 10.6. The van der Waals surface area contributed by atoms with E-state index in [9.17, 15) is 9.18 Å². The number of carbonyl (C=O) groups is 1. The van der Waals surface area contributed by atoms with Crippen LogP contribution in [-0.2, 0) is 6.54 Å². The van der Waals surface area contributed by atoms with Crippen LogP contribution in [0, 0.1) is 5.82 Å². The van der Waals surface area contributed by atoms with E-state index >= 15 is 0 Å². The molecule has 0 aromatic heterocycles. The summed E-state index contributed by atoms with van der Waals surface area (Å²) in [5.41, 5.74) is 0.266. The summed E-state index contributed by atoms with van der Waals surface area (Å²) in [7, 11) is 0. The highest BCUT2D eigenvalue weighted by molar-refractivity contribution is 5.64. The quantitative estimate of drug-likeness (QED) is 0.886. The molecule has 0 bridgehead atoms. The number of hydrogen-bond donors (Lipinski definition) is 2. The van der Waals surface area contributed by atoms with Crippen LogP contribution >= 0.6 is 0 Å². The molecular weight excluding hydrogens is 249 g/mol. The van der Waals surface area contributed by atoms with Gasteiger partial charge in [-0.15, -0.1) is 0 Å². The van der Waals surface area contributed by atoms with Crippen LogP contribution in [-0.4, -0.2) is 11.2 Å². The standard InChI is InChI=1S/C14H12FNO3/c15-13-8-12(19-11-4-2-1-3-5-11)7-6-10(13)9-16-14(17)18/h1-8,16H,9H2,(H,17,18). The van der Waals surface area contributed by atoms with Gasteiger partial charge in [-0.05, 0) is 18.2 Å². The number of nitrogens with one attached hydrogen (secondary N) is 1. The molecule has 0 aliphatic carbocycles. The van der Waals surface area contributed by atoms with Crippen LogP contribution in [0.2, 0.25) is 0 Å². The van der Waals surface area contributed by atoms with E-state index in [1.54, 1.807) is 18.2 Å². The van der Waals surface area contributed by atoms with Crippen molar-refractivity contribution < 1.29 is 19.0 Å². The average molecular weight is 261 g/mol. The van der Waals surface area contributed by atoms with E-state index in [1.807, 2.05) is 18.2 Å². The molecule has 98 valence electrons. The minimum Gasteiger partial charge on any atom is -0.465 e. The van der Waals surface area contributed by atoms with E-state index in [1.165, 1.54) is 12.1 Å². The molecule has 0 fully saturated rings. The summed E-state index contributed by atoms with van der Waals surface area (Å²) in [4.78, 5) is 10.3. The maximum absolute atomic E-state index is 13.7. The number of rotatable bonds is 4. The van der Waals surface area contributed by atoms with E-state index in [-0.39, 0.29) is 12.1 Å². The third-order valence-corrected chi connectivity index (χ3v) is 2.43. The summed E-state index contributed by atoms with van der Waals surface area (Å²) >= 11 is 0. The highest BCUT2D eigenvalue weighted by Crippen LogP contribution is 2.23. The second kappa shape index (κ2) is 5.86. The largest absolute Gasteiger partial charge is 0.465 e. The monoisotopic (exact) mass is 261 g/mol. The number of amides is 1. The van der Waals surface area contributed by atoms with Gasteiger partial charge in [-0.2, -0.15) is 0 Å². The van der Waals surface area contributed by atoms with E-state index in [0.29, 0.717) is 11.5 Å². The Bertz CT molecular complexity index is 572. The van der Waals surface area contributed by atoms with Gasteiger partial charge in [0.25, 0.3) is 0 Å². The van der Waals surface area contributed by atoms with E-state index in [4.69, 9.17) is 9.84 Å². The number of hydrogen-bond acceptors (Lipinski definition) is 2. The van der Waals surface area contributed by atoms with Gasteiger partial charge in [0, 0.05) is 18.2 Å². The van der Waals surface area contributed by atoms with Crippen molar-refractivity contribution in [1.29, 1.82) is 0 Å². The first-order chi connectivity index (χ1) is 9.15. The fraction of sp³-hybridized carbons (Fsp3) is 0.0714. The van der Waals surface area contributed by atoms with Crippen LogP contribution in [0.1, 0.15) is 5.56 Å². The Morgan fingerprint density at radius 2 is 1.89 bits per heavy atom. The third kappa shape index (κ3) is 3.70. The van der Waals surface area contributed by atoms with Crippen molar-refractivity contribution >= 4 is 6.09 Å². The molecule has 0 atom stereocenters. The fourth-order valence-corrected chi connectivity index (χ4v) is 1.53. The SMILES string of the molecule is O=C(O)NCc1ccc(Oc2ccccc2)cc1F. The van der Waals surface area contributed by atoms with Crippen LogP contribution in [0.3, 0.4) is 0 Å². The molecule has 1 amide bonds. The van der Waals surface area contributed by atoms with Gasteiger partial charge < -0.3 is 15.2 Å². The first-order valence-electron chi connectivity index (χ1n) is 5.63. The number of carboxylic acid groups (broad SMARTS) is 1. The van der Waals surface area contributed by atoms with Crippen molar-refractivity contribution in [1.82, 2.24) is 5.32 Å². The second-order valence-corrected chi connectivity index (χ2v) is 3.83. The van der Waals surface area contributed by atoms with Crippen LogP contribution in [0.5, 0.6) is 11.5 Å². The Morgan fingerprint density at radius 3 is 2.53 bits per heavy atom. The Morgan fingerprint density at radius 1 is 1.16 bits per heavy atom. The molecule has 4 nitrogen and oxygen atoms in total. The molecule has 0 heterocycles. The van der Waals surface area contributed by atoms with Gasteiger partial charge in [-0.3, -0.25) is 0 Å². The van der Waals surface area contributed by atoms with Gasteiger partial charge >= 0.3 is 6.09 Å². The molecule has 2 rings (SSSR count). The Hall–Kier alpha value is -2.56. The zero-order valence-corrected chi connectivity index (χ0v) is 9.97. The maximum atomic E-state index is 13.7. The lowest BCUT2D eigenvalue weighted by molar-refractivity contribution is 0.194. The van der Waals surface area contributed by atoms with Gasteiger partial charge in [-0.25, -0.2) is 9.18 Å². The molecule has 19 heavy (non-hydrogen) atoms. The molecule has 0 unspecified atom stereocenters. The van der Waals surface area contributed by atoms with Gasteiger partial charge in [0.2, 0.25) is 0 Å². The Kier molecular flexibility index (Phi) is 3.97. The Balaban J connectivity index is 2.08. The van der Waals surface area contributed by atoms with Crippen molar-refractivity contribution in [3.63, 3.8) is 0 Å². The smallest absolute Gasteiger partial charge is 0.404 e. The van der Waals surface area contributed by atoms with Crippen molar-refractivity contribution in [3.05, 3.63) is 59.9 Å². The van der Waals surface area contributed by atoms with E-state index in [2.05, 4.69) is 5.32 Å². The minimum absolute atomic E-state index is 0.0766. The predicted octanol–water partition coefficient (Wildman–Crippen LogP) is 3.39. The number of ether oxygens (including phenoxy) is 1. The summed E-state index contributed by atoms with van der Waals surface area (Å²) in [6, 6.07) is 13.3. The molecule has 0 aliphatic rings. The molecule has 0 spiro atoms. The highest BCUT2D eigenvalue weighted by atomic mass is 19.1. The van der Waals surface area contributed by atoms with Crippen molar-refractivity contribution in [2.24, 2.45) is 0 Å². The molecule has 0 saturated carbocycles. The van der Waals surface area contributed by atoms with Crippen LogP contribution in [0.25, 0.3) is 0 Å². The van der Waals surface area contributed by atoms with Crippen molar-refractivity contribution in [2.75, 3.05) is 0 Å². The molecular formula is C14H12FNO3. The van der Waals surface area contributed by atoms with Crippen molar-refractivity contribution in [3.8, 4) is 11.5 Å². The zero-order valence-electron chi connectivity index (χ0n) is 9.97. The second-order valence-electron chi connectivity index (χ2n) is 3.83. The lowest BCUT2D eigenvalue weighted by Gasteiger charge is -2.08. The summed E-state index contributed by atoms with van der Waals surface area (Å²) in [6.45, 7) is -0.0766. The molecule has 2 aromatic rings. The summed E-state index contributed by atoms with van der Waals surface area (Å²) in [6.07, 6.45) is -1.19. The molecule has 2 N–H and O–H groups in total. The van der Waals surface area contributed by atoms with Crippen molar-refractivity contribution in [2.45, 2.75) is 6.54 Å². The fourth-order valence-electron chi connectivity index (χ4n) is 1.53. The molecule has 5 heteroatoms. The minimum atomic E-state index is -1.19.